The lowest BCUT2D eigenvalue weighted by atomic mass is 10.2. The predicted molar refractivity (Wildman–Crippen MR) is 107 cm³/mol. The lowest BCUT2D eigenvalue weighted by Gasteiger charge is -2.16. The fraction of sp³-hybridized carbons (Fsp3) is 0.286. The number of benzene rings is 2. The minimum absolute atomic E-state index is 0.0492. The van der Waals surface area contributed by atoms with Gasteiger partial charge in [-0.1, -0.05) is 25.1 Å². The summed E-state index contributed by atoms with van der Waals surface area (Å²) >= 11 is 0. The fourth-order valence-electron chi connectivity index (χ4n) is 3.12. The molecule has 0 aliphatic heterocycles. The minimum atomic E-state index is -4.50. The van der Waals surface area contributed by atoms with E-state index >= 15 is 0 Å². The van der Waals surface area contributed by atoms with Crippen molar-refractivity contribution >= 4 is 28.5 Å². The van der Waals surface area contributed by atoms with Gasteiger partial charge in [0, 0.05) is 12.1 Å². The van der Waals surface area contributed by atoms with Gasteiger partial charge in [0.2, 0.25) is 11.8 Å². The van der Waals surface area contributed by atoms with E-state index in [-0.39, 0.29) is 18.1 Å². The number of rotatable bonds is 6. The third-order valence-corrected chi connectivity index (χ3v) is 4.55. The lowest BCUT2D eigenvalue weighted by molar-refractivity contribution is -0.137. The molecule has 0 aliphatic rings. The molecule has 0 bridgehead atoms. The number of para-hydroxylation sites is 2. The molecule has 2 amide bonds. The van der Waals surface area contributed by atoms with Crippen LogP contribution in [0.25, 0.3) is 11.0 Å². The first-order valence-electron chi connectivity index (χ1n) is 9.40. The van der Waals surface area contributed by atoms with E-state index in [4.69, 9.17) is 0 Å². The Bertz CT molecular complexity index is 1080. The van der Waals surface area contributed by atoms with Crippen LogP contribution in [-0.2, 0) is 22.3 Å². The average Bonchev–Trinajstić information content (AvgIpc) is 3.06. The molecule has 9 heteroatoms. The van der Waals surface area contributed by atoms with E-state index in [0.29, 0.717) is 23.3 Å². The maximum atomic E-state index is 12.9. The van der Waals surface area contributed by atoms with Crippen LogP contribution in [0, 0.1) is 0 Å². The number of hydrogen-bond acceptors (Lipinski definition) is 3. The quantitative estimate of drug-likeness (QED) is 0.627. The van der Waals surface area contributed by atoms with Gasteiger partial charge in [0.1, 0.15) is 12.4 Å². The van der Waals surface area contributed by atoms with Crippen LogP contribution in [0.5, 0.6) is 0 Å². The maximum Gasteiger partial charge on any atom is 0.416 e. The molecular weight excluding hydrogens is 397 g/mol. The van der Waals surface area contributed by atoms with Crippen molar-refractivity contribution < 1.29 is 22.8 Å². The zero-order valence-corrected chi connectivity index (χ0v) is 16.5. The van der Waals surface area contributed by atoms with Crippen molar-refractivity contribution in [2.75, 3.05) is 5.32 Å². The monoisotopic (exact) mass is 418 g/mol. The summed E-state index contributed by atoms with van der Waals surface area (Å²) in [5, 5.41) is 5.32. The molecule has 0 spiro atoms. The van der Waals surface area contributed by atoms with Crippen LogP contribution in [0.4, 0.5) is 18.9 Å². The molecular formula is C21H21F3N4O2. The zero-order chi connectivity index (χ0) is 21.9. The number of alkyl halides is 3. The number of halogens is 3. The third kappa shape index (κ3) is 4.79. The number of carbonyl (C=O) groups excluding carboxylic acids is 2. The topological polar surface area (TPSA) is 76.0 Å². The Labute approximate surface area is 171 Å². The second-order valence-electron chi connectivity index (χ2n) is 6.81. The van der Waals surface area contributed by atoms with Gasteiger partial charge in [0.15, 0.2) is 0 Å². The van der Waals surface area contributed by atoms with Crippen molar-refractivity contribution in [3.63, 3.8) is 0 Å². The highest BCUT2D eigenvalue weighted by Gasteiger charge is 2.30. The van der Waals surface area contributed by atoms with E-state index in [1.807, 2.05) is 0 Å². The standard InChI is InChI=1S/C21H21F3N4O2/c1-3-18(29)25-13(2)20-27-16-9-4-5-10-17(16)28(20)12-19(30)26-15-8-6-7-14(11-15)21(22,23)24/h4-11,13H,3,12H2,1-2H3,(H,25,29)(H,26,30). The van der Waals surface area contributed by atoms with E-state index in [1.54, 1.807) is 42.7 Å². The number of fused-ring (bicyclic) bond motifs is 1. The molecule has 3 aromatic rings. The van der Waals surface area contributed by atoms with Crippen LogP contribution in [0.3, 0.4) is 0 Å². The molecule has 0 saturated heterocycles. The second kappa shape index (κ2) is 8.56. The van der Waals surface area contributed by atoms with Gasteiger partial charge in [0.25, 0.3) is 0 Å². The molecule has 6 nitrogen and oxygen atoms in total. The number of nitrogens with one attached hydrogen (secondary N) is 2. The summed E-state index contributed by atoms with van der Waals surface area (Å²) in [6.07, 6.45) is -4.19. The number of aromatic nitrogens is 2. The number of anilines is 1. The molecule has 158 valence electrons. The minimum Gasteiger partial charge on any atom is -0.346 e. The van der Waals surface area contributed by atoms with E-state index in [9.17, 15) is 22.8 Å². The molecule has 0 radical (unpaired) electrons. The normalized spacial score (nSPS) is 12.6. The molecule has 30 heavy (non-hydrogen) atoms. The molecule has 2 aromatic carbocycles. The average molecular weight is 418 g/mol. The van der Waals surface area contributed by atoms with E-state index in [2.05, 4.69) is 15.6 Å². The molecule has 1 heterocycles. The molecule has 1 atom stereocenters. The molecule has 3 rings (SSSR count). The second-order valence-corrected chi connectivity index (χ2v) is 6.81. The Hall–Kier alpha value is -3.36. The van der Waals surface area contributed by atoms with Gasteiger partial charge in [-0.2, -0.15) is 13.2 Å². The summed E-state index contributed by atoms with van der Waals surface area (Å²) in [6.45, 7) is 3.32. The van der Waals surface area contributed by atoms with Gasteiger partial charge in [-0.25, -0.2) is 4.98 Å². The van der Waals surface area contributed by atoms with Gasteiger partial charge in [-0.05, 0) is 37.3 Å². The number of hydrogen-bond donors (Lipinski definition) is 2. The maximum absolute atomic E-state index is 12.9. The summed E-state index contributed by atoms with van der Waals surface area (Å²) < 4.78 is 40.4. The molecule has 0 fully saturated rings. The van der Waals surface area contributed by atoms with Gasteiger partial charge in [0.05, 0.1) is 22.6 Å². The summed E-state index contributed by atoms with van der Waals surface area (Å²) in [7, 11) is 0. The van der Waals surface area contributed by atoms with E-state index in [1.165, 1.54) is 12.1 Å². The van der Waals surface area contributed by atoms with Gasteiger partial charge < -0.3 is 15.2 Å². The highest BCUT2D eigenvalue weighted by molar-refractivity contribution is 5.92. The molecule has 2 N–H and O–H groups in total. The first-order valence-corrected chi connectivity index (χ1v) is 9.40. The van der Waals surface area contributed by atoms with Crippen molar-refractivity contribution in [1.29, 1.82) is 0 Å². The number of carbonyl (C=O) groups is 2. The van der Waals surface area contributed by atoms with Crippen molar-refractivity contribution in [2.24, 2.45) is 0 Å². The van der Waals surface area contributed by atoms with Crippen LogP contribution in [0.15, 0.2) is 48.5 Å². The Morgan fingerprint density at radius 3 is 2.53 bits per heavy atom. The molecule has 0 saturated carbocycles. The Kier molecular flexibility index (Phi) is 6.09. The SMILES string of the molecule is CCC(=O)NC(C)c1nc2ccccc2n1CC(=O)Nc1cccc(C(F)(F)F)c1. The van der Waals surface area contributed by atoms with Crippen molar-refractivity contribution in [2.45, 2.75) is 39.0 Å². The van der Waals surface area contributed by atoms with E-state index in [0.717, 1.165) is 12.1 Å². The van der Waals surface area contributed by atoms with Crippen LogP contribution >= 0.6 is 0 Å². The van der Waals surface area contributed by atoms with Crippen molar-refractivity contribution in [1.82, 2.24) is 14.9 Å². The Balaban J connectivity index is 1.86. The molecule has 1 unspecified atom stereocenters. The lowest BCUT2D eigenvalue weighted by Crippen LogP contribution is -2.29. The van der Waals surface area contributed by atoms with Crippen molar-refractivity contribution in [3.05, 3.63) is 59.9 Å². The van der Waals surface area contributed by atoms with Gasteiger partial charge in [-0.3, -0.25) is 9.59 Å². The largest absolute Gasteiger partial charge is 0.416 e. The first-order chi connectivity index (χ1) is 14.2. The first kappa shape index (κ1) is 21.4. The summed E-state index contributed by atoms with van der Waals surface area (Å²) in [4.78, 5) is 28.9. The summed E-state index contributed by atoms with van der Waals surface area (Å²) in [6, 6.07) is 11.2. The van der Waals surface area contributed by atoms with Crippen LogP contribution in [0.1, 0.15) is 37.7 Å². The highest BCUT2D eigenvalue weighted by atomic mass is 19.4. The molecule has 1 aromatic heterocycles. The fourth-order valence-corrected chi connectivity index (χ4v) is 3.12. The third-order valence-electron chi connectivity index (χ3n) is 4.55. The Morgan fingerprint density at radius 2 is 1.83 bits per heavy atom. The van der Waals surface area contributed by atoms with E-state index < -0.39 is 23.7 Å². The van der Waals surface area contributed by atoms with Crippen LogP contribution < -0.4 is 10.6 Å². The van der Waals surface area contributed by atoms with Crippen LogP contribution in [0.2, 0.25) is 0 Å². The van der Waals surface area contributed by atoms with Crippen molar-refractivity contribution in [3.8, 4) is 0 Å². The summed E-state index contributed by atoms with van der Waals surface area (Å²) in [5.74, 6) is -0.181. The highest BCUT2D eigenvalue weighted by Crippen LogP contribution is 2.30. The number of nitrogens with zero attached hydrogens (tertiary/aromatic N) is 2. The number of amides is 2. The Morgan fingerprint density at radius 1 is 1.10 bits per heavy atom. The zero-order valence-electron chi connectivity index (χ0n) is 16.5. The van der Waals surface area contributed by atoms with Gasteiger partial charge >= 0.3 is 6.18 Å². The van der Waals surface area contributed by atoms with Gasteiger partial charge in [-0.15, -0.1) is 0 Å². The number of imidazole rings is 1. The molecule has 0 aliphatic carbocycles. The summed E-state index contributed by atoms with van der Waals surface area (Å²) in [5.41, 5.74) is 0.541. The predicted octanol–water partition coefficient (Wildman–Crippen LogP) is 4.28. The smallest absolute Gasteiger partial charge is 0.346 e. The van der Waals surface area contributed by atoms with Crippen LogP contribution in [-0.4, -0.2) is 21.4 Å².